The molecular formula is C12H20ClNO. The van der Waals surface area contributed by atoms with E-state index >= 15 is 0 Å². The monoisotopic (exact) mass is 229 g/mol. The van der Waals surface area contributed by atoms with E-state index in [0.717, 1.165) is 32.2 Å². The summed E-state index contributed by atoms with van der Waals surface area (Å²) in [5, 5.41) is 3.41. The van der Waals surface area contributed by atoms with Crippen molar-refractivity contribution in [2.45, 2.75) is 50.3 Å². The summed E-state index contributed by atoms with van der Waals surface area (Å²) in [6.45, 7) is 0.846. The van der Waals surface area contributed by atoms with E-state index in [2.05, 4.69) is 5.32 Å². The number of hydrogen-bond donors (Lipinski definition) is 1. The maximum Gasteiger partial charge on any atom is 0.223 e. The summed E-state index contributed by atoms with van der Waals surface area (Å²) in [7, 11) is 0. The zero-order valence-electron chi connectivity index (χ0n) is 9.18. The van der Waals surface area contributed by atoms with Crippen LogP contribution in [0.4, 0.5) is 0 Å². The fraction of sp³-hybridized carbons (Fsp3) is 0.917. The van der Waals surface area contributed by atoms with Gasteiger partial charge in [0, 0.05) is 17.8 Å². The molecular weight excluding hydrogens is 210 g/mol. The molecule has 0 aliphatic heterocycles. The van der Waals surface area contributed by atoms with E-state index in [0.29, 0.717) is 17.2 Å². The van der Waals surface area contributed by atoms with Gasteiger partial charge in [-0.15, -0.1) is 11.6 Å². The summed E-state index contributed by atoms with van der Waals surface area (Å²) >= 11 is 6.11. The number of alkyl halides is 1. The molecule has 3 heteroatoms. The molecule has 0 aromatic heterocycles. The Morgan fingerprint density at radius 2 is 1.93 bits per heavy atom. The normalized spacial score (nSPS) is 32.1. The average molecular weight is 230 g/mol. The molecule has 0 bridgehead atoms. The molecule has 1 N–H and O–H groups in total. The largest absolute Gasteiger partial charge is 0.356 e. The summed E-state index contributed by atoms with van der Waals surface area (Å²) in [5.41, 5.74) is 0. The Hall–Kier alpha value is -0.240. The zero-order chi connectivity index (χ0) is 10.7. The standard InChI is InChI=1S/C12H20ClNO/c13-11-6-1-3-9(7-11)8-14-12(15)10-4-2-5-10/h9-11H,1-8H2,(H,14,15). The van der Waals surface area contributed by atoms with Crippen molar-refractivity contribution in [1.29, 1.82) is 0 Å². The number of carbonyl (C=O) groups is 1. The summed E-state index contributed by atoms with van der Waals surface area (Å²) in [6.07, 6.45) is 8.09. The van der Waals surface area contributed by atoms with Crippen LogP contribution in [0.3, 0.4) is 0 Å². The van der Waals surface area contributed by atoms with E-state index < -0.39 is 0 Å². The second kappa shape index (κ2) is 5.20. The maximum atomic E-state index is 11.6. The molecule has 1 amide bonds. The van der Waals surface area contributed by atoms with Gasteiger partial charge in [0.1, 0.15) is 0 Å². The lowest BCUT2D eigenvalue weighted by Gasteiger charge is -2.28. The SMILES string of the molecule is O=C(NCC1CCCC(Cl)C1)C1CCC1. The number of rotatable bonds is 3. The van der Waals surface area contributed by atoms with Gasteiger partial charge < -0.3 is 5.32 Å². The molecule has 0 heterocycles. The predicted octanol–water partition coefficient (Wildman–Crippen LogP) is 2.70. The van der Waals surface area contributed by atoms with Crippen molar-refractivity contribution in [3.8, 4) is 0 Å². The van der Waals surface area contributed by atoms with Crippen LogP contribution in [0.5, 0.6) is 0 Å². The molecule has 2 rings (SSSR count). The van der Waals surface area contributed by atoms with Crippen molar-refractivity contribution in [2.75, 3.05) is 6.54 Å². The first-order chi connectivity index (χ1) is 7.25. The quantitative estimate of drug-likeness (QED) is 0.741. The minimum Gasteiger partial charge on any atom is -0.356 e. The lowest BCUT2D eigenvalue weighted by Crippen LogP contribution is -2.38. The van der Waals surface area contributed by atoms with E-state index in [9.17, 15) is 4.79 Å². The third kappa shape index (κ3) is 3.10. The molecule has 15 heavy (non-hydrogen) atoms. The number of halogens is 1. The highest BCUT2D eigenvalue weighted by Crippen LogP contribution is 2.28. The number of nitrogens with one attached hydrogen (secondary N) is 1. The van der Waals surface area contributed by atoms with Crippen molar-refractivity contribution < 1.29 is 4.79 Å². The fourth-order valence-corrected chi connectivity index (χ4v) is 2.88. The van der Waals surface area contributed by atoms with E-state index in [1.54, 1.807) is 0 Å². The Kier molecular flexibility index (Phi) is 3.90. The van der Waals surface area contributed by atoms with Crippen LogP contribution < -0.4 is 5.32 Å². The van der Waals surface area contributed by atoms with Gasteiger partial charge in [0.15, 0.2) is 0 Å². The first-order valence-corrected chi connectivity index (χ1v) is 6.61. The molecule has 0 aromatic rings. The molecule has 86 valence electrons. The Balaban J connectivity index is 1.65. The van der Waals surface area contributed by atoms with Gasteiger partial charge in [-0.3, -0.25) is 4.79 Å². The van der Waals surface area contributed by atoms with Crippen molar-refractivity contribution >= 4 is 17.5 Å². The minimum atomic E-state index is 0.276. The Morgan fingerprint density at radius 1 is 1.20 bits per heavy atom. The molecule has 0 spiro atoms. The van der Waals surface area contributed by atoms with Crippen molar-refractivity contribution in [3.05, 3.63) is 0 Å². The van der Waals surface area contributed by atoms with Crippen LogP contribution in [-0.2, 0) is 4.79 Å². The molecule has 2 atom stereocenters. The molecule has 2 aliphatic carbocycles. The summed E-state index contributed by atoms with van der Waals surface area (Å²) in [6, 6.07) is 0. The first kappa shape index (κ1) is 11.3. The van der Waals surface area contributed by atoms with Crippen LogP contribution in [-0.4, -0.2) is 17.8 Å². The minimum absolute atomic E-state index is 0.276. The summed E-state index contributed by atoms with van der Waals surface area (Å²) in [5.74, 6) is 1.21. The third-order valence-electron chi connectivity index (χ3n) is 3.76. The van der Waals surface area contributed by atoms with Gasteiger partial charge in [0.25, 0.3) is 0 Å². The first-order valence-electron chi connectivity index (χ1n) is 6.17. The van der Waals surface area contributed by atoms with Crippen LogP contribution in [0, 0.1) is 11.8 Å². The van der Waals surface area contributed by atoms with Gasteiger partial charge in [-0.25, -0.2) is 0 Å². The predicted molar refractivity (Wildman–Crippen MR) is 61.9 cm³/mol. The van der Waals surface area contributed by atoms with Crippen LogP contribution >= 0.6 is 11.6 Å². The second-order valence-corrected chi connectivity index (χ2v) is 5.62. The van der Waals surface area contributed by atoms with E-state index in [1.165, 1.54) is 19.3 Å². The highest BCUT2D eigenvalue weighted by atomic mass is 35.5. The number of amides is 1. The van der Waals surface area contributed by atoms with Crippen LogP contribution in [0.2, 0.25) is 0 Å². The molecule has 2 fully saturated rings. The van der Waals surface area contributed by atoms with Gasteiger partial charge in [0.05, 0.1) is 0 Å². The Labute approximate surface area is 96.8 Å². The van der Waals surface area contributed by atoms with Crippen LogP contribution in [0.1, 0.15) is 44.9 Å². The average Bonchev–Trinajstić information content (AvgIpc) is 2.12. The van der Waals surface area contributed by atoms with Gasteiger partial charge in [0.2, 0.25) is 5.91 Å². The van der Waals surface area contributed by atoms with E-state index in [-0.39, 0.29) is 5.91 Å². The smallest absolute Gasteiger partial charge is 0.223 e. The Bertz CT molecular complexity index is 228. The maximum absolute atomic E-state index is 11.6. The summed E-state index contributed by atoms with van der Waals surface area (Å²) < 4.78 is 0. The Morgan fingerprint density at radius 3 is 2.53 bits per heavy atom. The van der Waals surface area contributed by atoms with Gasteiger partial charge in [-0.2, -0.15) is 0 Å². The lowest BCUT2D eigenvalue weighted by atomic mass is 9.84. The van der Waals surface area contributed by atoms with Crippen molar-refractivity contribution in [3.63, 3.8) is 0 Å². The van der Waals surface area contributed by atoms with Crippen LogP contribution in [0.25, 0.3) is 0 Å². The van der Waals surface area contributed by atoms with Crippen molar-refractivity contribution in [1.82, 2.24) is 5.32 Å². The van der Waals surface area contributed by atoms with Gasteiger partial charge in [-0.1, -0.05) is 12.8 Å². The lowest BCUT2D eigenvalue weighted by molar-refractivity contribution is -0.127. The zero-order valence-corrected chi connectivity index (χ0v) is 9.93. The number of carbonyl (C=O) groups excluding carboxylic acids is 1. The number of hydrogen-bond acceptors (Lipinski definition) is 1. The molecule has 0 aromatic carbocycles. The highest BCUT2D eigenvalue weighted by molar-refractivity contribution is 6.20. The second-order valence-electron chi connectivity index (χ2n) is 5.00. The van der Waals surface area contributed by atoms with Crippen LogP contribution in [0.15, 0.2) is 0 Å². The third-order valence-corrected chi connectivity index (χ3v) is 4.16. The molecule has 0 saturated heterocycles. The molecule has 2 aliphatic rings. The highest BCUT2D eigenvalue weighted by Gasteiger charge is 2.26. The molecule has 2 saturated carbocycles. The van der Waals surface area contributed by atoms with Crippen molar-refractivity contribution in [2.24, 2.45) is 11.8 Å². The molecule has 2 nitrogen and oxygen atoms in total. The van der Waals surface area contributed by atoms with E-state index in [4.69, 9.17) is 11.6 Å². The molecule has 2 unspecified atom stereocenters. The topological polar surface area (TPSA) is 29.1 Å². The van der Waals surface area contributed by atoms with E-state index in [1.807, 2.05) is 0 Å². The van der Waals surface area contributed by atoms with Gasteiger partial charge in [-0.05, 0) is 38.0 Å². The summed E-state index contributed by atoms with van der Waals surface area (Å²) in [4.78, 5) is 11.6. The fourth-order valence-electron chi connectivity index (χ4n) is 2.47. The molecule has 0 radical (unpaired) electrons. The van der Waals surface area contributed by atoms with Gasteiger partial charge >= 0.3 is 0 Å².